The highest BCUT2D eigenvalue weighted by atomic mass is 32.2. The van der Waals surface area contributed by atoms with Crippen LogP contribution in [0.15, 0.2) is 24.3 Å². The summed E-state index contributed by atoms with van der Waals surface area (Å²) < 4.78 is 23.3. The quantitative estimate of drug-likeness (QED) is 0.866. The number of sulfone groups is 1. The van der Waals surface area contributed by atoms with Gasteiger partial charge in [0.25, 0.3) is 0 Å². The molecule has 2 saturated heterocycles. The molecule has 3 rings (SSSR count). The van der Waals surface area contributed by atoms with Crippen molar-refractivity contribution in [1.82, 2.24) is 5.32 Å². The van der Waals surface area contributed by atoms with Gasteiger partial charge in [-0.1, -0.05) is 12.1 Å². The summed E-state index contributed by atoms with van der Waals surface area (Å²) in [4.78, 5) is 0. The van der Waals surface area contributed by atoms with E-state index in [1.807, 2.05) is 12.1 Å². The molecule has 4 nitrogen and oxygen atoms in total. The molecule has 1 aromatic rings. The molecule has 0 radical (unpaired) electrons. The average molecular weight is 281 g/mol. The molecule has 104 valence electrons. The summed E-state index contributed by atoms with van der Waals surface area (Å²) in [6.45, 7) is 1.79. The first-order chi connectivity index (χ1) is 8.99. The molecule has 2 aliphatic rings. The minimum atomic E-state index is -2.82. The standard InChI is InChI=1S/C14H19NO3S/c16-13-3-1-11(2-4-13)7-14(9-15-10-14)12-5-6-19(17,18)8-12/h1-4,12,15-16H,5-10H2. The van der Waals surface area contributed by atoms with Gasteiger partial charge in [0.15, 0.2) is 9.84 Å². The van der Waals surface area contributed by atoms with Crippen molar-refractivity contribution in [2.45, 2.75) is 12.8 Å². The summed E-state index contributed by atoms with van der Waals surface area (Å²) in [7, 11) is -2.82. The monoisotopic (exact) mass is 281 g/mol. The van der Waals surface area contributed by atoms with Gasteiger partial charge in [-0.3, -0.25) is 0 Å². The van der Waals surface area contributed by atoms with E-state index >= 15 is 0 Å². The Labute approximate surface area is 113 Å². The maximum Gasteiger partial charge on any atom is 0.150 e. The number of phenolic OH excluding ortho intramolecular Hbond substituents is 1. The fourth-order valence-electron chi connectivity index (χ4n) is 3.30. The minimum Gasteiger partial charge on any atom is -0.508 e. The Morgan fingerprint density at radius 2 is 1.95 bits per heavy atom. The molecule has 0 saturated carbocycles. The van der Waals surface area contributed by atoms with Gasteiger partial charge in [0.2, 0.25) is 0 Å². The van der Waals surface area contributed by atoms with E-state index in [1.54, 1.807) is 12.1 Å². The second kappa shape index (κ2) is 4.49. The van der Waals surface area contributed by atoms with E-state index < -0.39 is 9.84 Å². The Morgan fingerprint density at radius 1 is 1.26 bits per heavy atom. The summed E-state index contributed by atoms with van der Waals surface area (Å²) >= 11 is 0. The van der Waals surface area contributed by atoms with Crippen LogP contribution in [-0.4, -0.2) is 38.1 Å². The topological polar surface area (TPSA) is 66.4 Å². The molecule has 2 heterocycles. The highest BCUT2D eigenvalue weighted by Gasteiger charge is 2.48. The zero-order chi connectivity index (χ0) is 13.5. The summed E-state index contributed by atoms with van der Waals surface area (Å²) in [5.74, 6) is 1.22. The third-order valence-electron chi connectivity index (χ3n) is 4.55. The van der Waals surface area contributed by atoms with Crippen molar-refractivity contribution >= 4 is 9.84 Å². The van der Waals surface area contributed by atoms with E-state index in [9.17, 15) is 13.5 Å². The van der Waals surface area contributed by atoms with Crippen LogP contribution in [0.25, 0.3) is 0 Å². The molecule has 0 amide bonds. The van der Waals surface area contributed by atoms with Crippen molar-refractivity contribution in [3.63, 3.8) is 0 Å². The second-order valence-electron chi connectivity index (χ2n) is 5.91. The summed E-state index contributed by atoms with van der Waals surface area (Å²) in [5.41, 5.74) is 1.25. The molecule has 1 unspecified atom stereocenters. The lowest BCUT2D eigenvalue weighted by atomic mass is 9.67. The number of rotatable bonds is 3. The largest absolute Gasteiger partial charge is 0.508 e. The van der Waals surface area contributed by atoms with Gasteiger partial charge in [0.1, 0.15) is 5.75 Å². The molecule has 0 aliphatic carbocycles. The zero-order valence-corrected chi connectivity index (χ0v) is 11.6. The first-order valence-electron chi connectivity index (χ1n) is 6.68. The number of nitrogens with one attached hydrogen (secondary N) is 1. The third kappa shape index (κ3) is 2.49. The summed E-state index contributed by atoms with van der Waals surface area (Å²) in [5, 5.41) is 12.6. The zero-order valence-electron chi connectivity index (χ0n) is 10.8. The van der Waals surface area contributed by atoms with Crippen LogP contribution in [0.3, 0.4) is 0 Å². The lowest BCUT2D eigenvalue weighted by Gasteiger charge is -2.47. The van der Waals surface area contributed by atoms with Crippen LogP contribution in [-0.2, 0) is 16.3 Å². The Hall–Kier alpha value is -1.07. The number of hydrogen-bond donors (Lipinski definition) is 2. The van der Waals surface area contributed by atoms with Crippen molar-refractivity contribution in [2.75, 3.05) is 24.6 Å². The molecule has 0 aromatic heterocycles. The van der Waals surface area contributed by atoms with Gasteiger partial charge in [0.05, 0.1) is 11.5 Å². The van der Waals surface area contributed by atoms with E-state index in [4.69, 9.17) is 0 Å². The fraction of sp³-hybridized carbons (Fsp3) is 0.571. The van der Waals surface area contributed by atoms with Gasteiger partial charge >= 0.3 is 0 Å². The van der Waals surface area contributed by atoms with Gasteiger partial charge in [-0.25, -0.2) is 8.42 Å². The fourth-order valence-corrected chi connectivity index (χ4v) is 5.25. The molecule has 19 heavy (non-hydrogen) atoms. The van der Waals surface area contributed by atoms with E-state index in [2.05, 4.69) is 5.32 Å². The van der Waals surface area contributed by atoms with Crippen LogP contribution in [0.2, 0.25) is 0 Å². The van der Waals surface area contributed by atoms with Gasteiger partial charge in [-0.15, -0.1) is 0 Å². The molecule has 2 fully saturated rings. The van der Waals surface area contributed by atoms with Crippen molar-refractivity contribution in [1.29, 1.82) is 0 Å². The molecule has 1 atom stereocenters. The van der Waals surface area contributed by atoms with Crippen molar-refractivity contribution < 1.29 is 13.5 Å². The lowest BCUT2D eigenvalue weighted by molar-refractivity contribution is 0.0924. The van der Waals surface area contributed by atoms with Crippen LogP contribution >= 0.6 is 0 Å². The number of hydrogen-bond acceptors (Lipinski definition) is 4. The maximum absolute atomic E-state index is 11.7. The minimum absolute atomic E-state index is 0.0839. The molecule has 1 aromatic carbocycles. The predicted molar refractivity (Wildman–Crippen MR) is 73.9 cm³/mol. The second-order valence-corrected chi connectivity index (χ2v) is 8.14. The molecule has 5 heteroatoms. The van der Waals surface area contributed by atoms with Gasteiger partial charge < -0.3 is 10.4 Å². The van der Waals surface area contributed by atoms with Crippen molar-refractivity contribution in [3.05, 3.63) is 29.8 Å². The van der Waals surface area contributed by atoms with E-state index in [-0.39, 0.29) is 17.1 Å². The first-order valence-corrected chi connectivity index (χ1v) is 8.50. The Balaban J connectivity index is 1.78. The SMILES string of the molecule is O=S1(=O)CCC(C2(Cc3ccc(O)cc3)CNC2)C1. The average Bonchev–Trinajstić information content (AvgIpc) is 2.67. The van der Waals surface area contributed by atoms with Crippen LogP contribution < -0.4 is 5.32 Å². The molecule has 0 spiro atoms. The van der Waals surface area contributed by atoms with Gasteiger partial charge in [-0.05, 0) is 36.5 Å². The Kier molecular flexibility index (Phi) is 3.06. The predicted octanol–water partition coefficient (Wildman–Crippen LogP) is 0.959. The number of benzene rings is 1. The van der Waals surface area contributed by atoms with Crippen LogP contribution in [0.4, 0.5) is 0 Å². The van der Waals surface area contributed by atoms with E-state index in [0.717, 1.165) is 25.9 Å². The highest BCUT2D eigenvalue weighted by molar-refractivity contribution is 7.91. The maximum atomic E-state index is 11.7. The van der Waals surface area contributed by atoms with E-state index in [1.165, 1.54) is 5.56 Å². The van der Waals surface area contributed by atoms with Crippen molar-refractivity contribution in [2.24, 2.45) is 11.3 Å². The Morgan fingerprint density at radius 3 is 2.42 bits per heavy atom. The van der Waals surface area contributed by atoms with Crippen LogP contribution in [0.5, 0.6) is 5.75 Å². The number of aromatic hydroxyl groups is 1. The summed E-state index contributed by atoms with van der Waals surface area (Å²) in [6.07, 6.45) is 1.68. The van der Waals surface area contributed by atoms with Crippen LogP contribution in [0, 0.1) is 11.3 Å². The molecular formula is C14H19NO3S. The lowest BCUT2D eigenvalue weighted by Crippen LogP contribution is -2.59. The van der Waals surface area contributed by atoms with Gasteiger partial charge in [-0.2, -0.15) is 0 Å². The molecular weight excluding hydrogens is 262 g/mol. The Bertz CT molecular complexity index is 561. The van der Waals surface area contributed by atoms with Crippen molar-refractivity contribution in [3.8, 4) is 5.75 Å². The molecule has 0 bridgehead atoms. The van der Waals surface area contributed by atoms with E-state index in [0.29, 0.717) is 11.5 Å². The normalized spacial score (nSPS) is 27.9. The molecule has 2 N–H and O–H groups in total. The first kappa shape index (κ1) is 12.9. The summed E-state index contributed by atoms with van der Waals surface area (Å²) in [6, 6.07) is 7.25. The molecule has 2 aliphatic heterocycles. The van der Waals surface area contributed by atoms with Crippen LogP contribution in [0.1, 0.15) is 12.0 Å². The number of phenols is 1. The highest BCUT2D eigenvalue weighted by Crippen LogP contribution is 2.41. The third-order valence-corrected chi connectivity index (χ3v) is 6.31. The van der Waals surface area contributed by atoms with Gasteiger partial charge in [0, 0.05) is 18.5 Å². The smallest absolute Gasteiger partial charge is 0.150 e.